The summed E-state index contributed by atoms with van der Waals surface area (Å²) in [6.07, 6.45) is 0. The molecule has 1 heterocycles. The van der Waals surface area contributed by atoms with Gasteiger partial charge in [0.25, 0.3) is 0 Å². The zero-order chi connectivity index (χ0) is 16.8. The quantitative estimate of drug-likeness (QED) is 0.591. The van der Waals surface area contributed by atoms with Crippen molar-refractivity contribution < 1.29 is 9.90 Å². The average Bonchev–Trinajstić information content (AvgIpc) is 3.07. The molecule has 3 aromatic rings. The van der Waals surface area contributed by atoms with Crippen LogP contribution in [0.2, 0.25) is 0 Å². The zero-order valence-corrected chi connectivity index (χ0v) is 15.0. The molecule has 3 rings (SSSR count). The van der Waals surface area contributed by atoms with E-state index in [4.69, 9.17) is 0 Å². The number of carboxylic acid groups (broad SMARTS) is 1. The van der Waals surface area contributed by atoms with Gasteiger partial charge in [-0.15, -0.1) is 10.2 Å². The van der Waals surface area contributed by atoms with Crippen molar-refractivity contribution in [2.75, 3.05) is 0 Å². The van der Waals surface area contributed by atoms with E-state index in [-0.39, 0.29) is 5.56 Å². The monoisotopic (exact) mass is 373 g/mol. The van der Waals surface area contributed by atoms with Crippen LogP contribution in [0.3, 0.4) is 0 Å². The second-order valence-electron chi connectivity index (χ2n) is 4.88. The molecule has 0 fully saturated rings. The van der Waals surface area contributed by atoms with Gasteiger partial charge in [0.2, 0.25) is 0 Å². The lowest BCUT2D eigenvalue weighted by molar-refractivity contribution is -0.255. The van der Waals surface area contributed by atoms with Crippen molar-refractivity contribution >= 4 is 40.8 Å². The molecule has 0 spiro atoms. The van der Waals surface area contributed by atoms with Crippen molar-refractivity contribution in [3.63, 3.8) is 0 Å². The highest BCUT2D eigenvalue weighted by Crippen LogP contribution is 2.32. The van der Waals surface area contributed by atoms with Gasteiger partial charge in [0.15, 0.2) is 8.68 Å². The smallest absolute Gasteiger partial charge is 0.175 e. The number of thioether (sulfide) groups is 2. The Morgan fingerprint density at radius 2 is 1.42 bits per heavy atom. The van der Waals surface area contributed by atoms with Gasteiger partial charge in [-0.25, -0.2) is 0 Å². The molecule has 4 nitrogen and oxygen atoms in total. The predicted octanol–water partition coefficient (Wildman–Crippen LogP) is 3.49. The van der Waals surface area contributed by atoms with E-state index in [1.165, 1.54) is 5.56 Å². The number of aromatic nitrogens is 2. The molecule has 0 aliphatic heterocycles. The molecule has 0 atom stereocenters. The van der Waals surface area contributed by atoms with Crippen LogP contribution in [0.15, 0.2) is 63.3 Å². The molecule has 0 aliphatic rings. The second kappa shape index (κ2) is 8.32. The molecule has 0 N–H and O–H groups in total. The van der Waals surface area contributed by atoms with Gasteiger partial charge in [-0.3, -0.25) is 0 Å². The van der Waals surface area contributed by atoms with Crippen molar-refractivity contribution in [3.05, 3.63) is 71.3 Å². The fraction of sp³-hybridized carbons (Fsp3) is 0.118. The van der Waals surface area contributed by atoms with E-state index in [1.807, 2.05) is 18.2 Å². The lowest BCUT2D eigenvalue weighted by atomic mass is 10.1. The minimum absolute atomic E-state index is 0.194. The fourth-order valence-corrected chi connectivity index (χ4v) is 4.85. The first-order valence-corrected chi connectivity index (χ1v) is 9.93. The zero-order valence-electron chi connectivity index (χ0n) is 12.5. The Labute approximate surface area is 152 Å². The average molecular weight is 374 g/mol. The molecule has 7 heteroatoms. The van der Waals surface area contributed by atoms with E-state index >= 15 is 0 Å². The first kappa shape index (κ1) is 17.0. The van der Waals surface area contributed by atoms with Gasteiger partial charge in [0.1, 0.15) is 0 Å². The van der Waals surface area contributed by atoms with Crippen molar-refractivity contribution in [1.82, 2.24) is 10.2 Å². The summed E-state index contributed by atoms with van der Waals surface area (Å²) in [6.45, 7) is 0. The maximum absolute atomic E-state index is 10.7. The first-order chi connectivity index (χ1) is 11.7. The van der Waals surface area contributed by atoms with Crippen molar-refractivity contribution in [2.24, 2.45) is 0 Å². The van der Waals surface area contributed by atoms with E-state index < -0.39 is 5.97 Å². The Balaban J connectivity index is 1.51. The highest BCUT2D eigenvalue weighted by molar-refractivity contribution is 8.02. The van der Waals surface area contributed by atoms with Crippen molar-refractivity contribution in [3.8, 4) is 0 Å². The first-order valence-electron chi connectivity index (χ1n) is 7.14. The van der Waals surface area contributed by atoms with Crippen LogP contribution in [-0.2, 0) is 11.5 Å². The Kier molecular flexibility index (Phi) is 5.90. The highest BCUT2D eigenvalue weighted by atomic mass is 32.2. The van der Waals surface area contributed by atoms with Gasteiger partial charge in [0, 0.05) is 11.5 Å². The second-order valence-corrected chi connectivity index (χ2v) is 8.30. The predicted molar refractivity (Wildman–Crippen MR) is 96.2 cm³/mol. The standard InChI is InChI=1S/C17H14N2O2S3/c20-15(21)14-8-6-13(7-9-14)11-23-17-19-18-16(24-17)22-10-12-4-2-1-3-5-12/h1-9H,10-11H2,(H,20,21)/p-1. The Morgan fingerprint density at radius 3 is 1.96 bits per heavy atom. The Hall–Kier alpha value is -1.83. The number of benzene rings is 2. The molecule has 0 radical (unpaired) electrons. The van der Waals surface area contributed by atoms with Crippen LogP contribution in [0.4, 0.5) is 0 Å². The van der Waals surface area contributed by atoms with E-state index in [9.17, 15) is 9.90 Å². The van der Waals surface area contributed by atoms with Gasteiger partial charge in [-0.05, 0) is 16.7 Å². The molecule has 0 saturated carbocycles. The lowest BCUT2D eigenvalue weighted by Gasteiger charge is -2.03. The van der Waals surface area contributed by atoms with Gasteiger partial charge >= 0.3 is 0 Å². The van der Waals surface area contributed by atoms with Crippen LogP contribution >= 0.6 is 34.9 Å². The van der Waals surface area contributed by atoms with Crippen LogP contribution in [-0.4, -0.2) is 16.2 Å². The molecular weight excluding hydrogens is 360 g/mol. The maximum Gasteiger partial charge on any atom is 0.175 e. The third-order valence-corrected chi connectivity index (χ3v) is 6.48. The number of nitrogens with zero attached hydrogens (tertiary/aromatic N) is 2. The number of hydrogen-bond acceptors (Lipinski definition) is 7. The summed E-state index contributed by atoms with van der Waals surface area (Å²) >= 11 is 4.86. The molecule has 2 aromatic carbocycles. The molecular formula is C17H13N2O2S3-. The minimum Gasteiger partial charge on any atom is -0.545 e. The molecule has 0 aliphatic carbocycles. The number of carbonyl (C=O) groups excluding carboxylic acids is 1. The molecule has 0 bridgehead atoms. The maximum atomic E-state index is 10.7. The van der Waals surface area contributed by atoms with Crippen molar-refractivity contribution in [2.45, 2.75) is 20.2 Å². The van der Waals surface area contributed by atoms with E-state index in [1.54, 1.807) is 59.1 Å². The minimum atomic E-state index is -1.15. The highest BCUT2D eigenvalue weighted by Gasteiger charge is 2.06. The number of hydrogen-bond donors (Lipinski definition) is 0. The number of rotatable bonds is 7. The third-order valence-electron chi connectivity index (χ3n) is 3.15. The van der Waals surface area contributed by atoms with Crippen LogP contribution < -0.4 is 5.11 Å². The van der Waals surface area contributed by atoms with Crippen LogP contribution in [0, 0.1) is 0 Å². The third kappa shape index (κ3) is 4.83. The summed E-state index contributed by atoms with van der Waals surface area (Å²) in [5.74, 6) is 0.453. The molecule has 0 unspecified atom stereocenters. The molecule has 0 saturated heterocycles. The molecule has 0 amide bonds. The lowest BCUT2D eigenvalue weighted by Crippen LogP contribution is -2.21. The largest absolute Gasteiger partial charge is 0.545 e. The van der Waals surface area contributed by atoms with Crippen LogP contribution in [0.1, 0.15) is 21.5 Å². The summed E-state index contributed by atoms with van der Waals surface area (Å²) in [6, 6.07) is 17.0. The van der Waals surface area contributed by atoms with E-state index in [2.05, 4.69) is 22.3 Å². The molecule has 122 valence electrons. The van der Waals surface area contributed by atoms with Crippen molar-refractivity contribution in [1.29, 1.82) is 0 Å². The summed E-state index contributed by atoms with van der Waals surface area (Å²) in [7, 11) is 0. The Morgan fingerprint density at radius 1 is 0.875 bits per heavy atom. The Bertz CT molecular complexity index is 804. The number of carboxylic acids is 1. The van der Waals surface area contributed by atoms with Crippen LogP contribution in [0.5, 0.6) is 0 Å². The molecule has 1 aromatic heterocycles. The SMILES string of the molecule is O=C([O-])c1ccc(CSc2nnc(SCc3ccccc3)s2)cc1. The van der Waals surface area contributed by atoms with Gasteiger partial charge in [0.05, 0.1) is 5.97 Å². The molecule has 24 heavy (non-hydrogen) atoms. The summed E-state index contributed by atoms with van der Waals surface area (Å²) in [5, 5.41) is 19.1. The van der Waals surface area contributed by atoms with E-state index in [0.29, 0.717) is 0 Å². The summed E-state index contributed by atoms with van der Waals surface area (Å²) < 4.78 is 1.86. The number of carbonyl (C=O) groups is 1. The summed E-state index contributed by atoms with van der Waals surface area (Å²) in [5.41, 5.74) is 2.50. The van der Waals surface area contributed by atoms with E-state index in [0.717, 1.165) is 25.7 Å². The van der Waals surface area contributed by atoms with Gasteiger partial charge in [-0.1, -0.05) is 89.5 Å². The van der Waals surface area contributed by atoms with Crippen LogP contribution in [0.25, 0.3) is 0 Å². The topological polar surface area (TPSA) is 65.9 Å². The normalized spacial score (nSPS) is 10.7. The summed E-state index contributed by atoms with van der Waals surface area (Å²) in [4.78, 5) is 10.7. The fourth-order valence-electron chi connectivity index (χ4n) is 1.92. The van der Waals surface area contributed by atoms with Gasteiger partial charge in [-0.2, -0.15) is 0 Å². The number of aromatic carboxylic acids is 1. The van der Waals surface area contributed by atoms with Gasteiger partial charge < -0.3 is 9.90 Å².